The van der Waals surface area contributed by atoms with E-state index in [1.54, 1.807) is 36.9 Å². The van der Waals surface area contributed by atoms with E-state index in [0.29, 0.717) is 56.8 Å². The van der Waals surface area contributed by atoms with Gasteiger partial charge in [-0.25, -0.2) is 12.7 Å². The lowest BCUT2D eigenvalue weighted by Crippen LogP contribution is -2.47. The Kier molecular flexibility index (Phi) is 16.3. The number of aliphatic hydroxyl groups excluding tert-OH is 1. The normalized spacial score (nSPS) is 20.9. The minimum absolute atomic E-state index is 0.130. The van der Waals surface area contributed by atoms with Crippen molar-refractivity contribution in [3.8, 4) is 5.75 Å². The number of anilines is 1. The van der Waals surface area contributed by atoms with Gasteiger partial charge in [0.05, 0.1) is 43.3 Å². The standard InChI is InChI=1S/C32H53N3O9S/c1-7-42-31(38)15-10-8-9-14-30(37)33-26-16-17-28-27(19-26)32(39)35(24(3)22-36)20-23(2)29(21-34(5)45(6,40)41)43-18-12-11-13-25(4)44-28/h16-17,19,23-25,29,36H,7-15,18,20-22H2,1-6H3,(H,33,37)/t23-,24+,25+,29+/m0/s1. The minimum Gasteiger partial charge on any atom is -0.490 e. The van der Waals surface area contributed by atoms with E-state index in [-0.39, 0.29) is 61.5 Å². The fraction of sp³-hybridized carbons (Fsp3) is 0.719. The molecule has 2 N–H and O–H groups in total. The maximum atomic E-state index is 14.2. The lowest BCUT2D eigenvalue weighted by Gasteiger charge is -2.35. The summed E-state index contributed by atoms with van der Waals surface area (Å²) in [6.45, 7) is 8.16. The van der Waals surface area contributed by atoms with Gasteiger partial charge in [-0.15, -0.1) is 0 Å². The molecule has 12 nitrogen and oxygen atoms in total. The van der Waals surface area contributed by atoms with Gasteiger partial charge >= 0.3 is 5.97 Å². The molecule has 1 aromatic carbocycles. The molecule has 13 heteroatoms. The minimum atomic E-state index is -3.45. The highest BCUT2D eigenvalue weighted by Crippen LogP contribution is 2.29. The van der Waals surface area contributed by atoms with Crippen LogP contribution in [0.4, 0.5) is 5.69 Å². The molecule has 2 rings (SSSR count). The molecular formula is C32H53N3O9S. The average Bonchev–Trinajstić information content (AvgIpc) is 2.97. The van der Waals surface area contributed by atoms with E-state index in [1.165, 1.54) is 11.4 Å². The van der Waals surface area contributed by atoms with E-state index >= 15 is 0 Å². The van der Waals surface area contributed by atoms with Crippen LogP contribution in [0.1, 0.15) is 89.4 Å². The number of likely N-dealkylation sites (N-methyl/N-ethyl adjacent to an activating group) is 1. The van der Waals surface area contributed by atoms with E-state index in [4.69, 9.17) is 14.2 Å². The molecule has 0 aromatic heterocycles. The molecule has 0 radical (unpaired) electrons. The molecule has 4 atom stereocenters. The second-order valence-corrected chi connectivity index (χ2v) is 14.1. The summed E-state index contributed by atoms with van der Waals surface area (Å²) in [7, 11) is -1.94. The first-order valence-electron chi connectivity index (χ1n) is 16.0. The second kappa shape index (κ2) is 19.0. The first-order chi connectivity index (χ1) is 21.3. The summed E-state index contributed by atoms with van der Waals surface area (Å²) in [5.74, 6) is -0.721. The quantitative estimate of drug-likeness (QED) is 0.239. The monoisotopic (exact) mass is 655 g/mol. The number of benzene rings is 1. The predicted octanol–water partition coefficient (Wildman–Crippen LogP) is 3.83. The number of fused-ring (bicyclic) bond motifs is 1. The number of ether oxygens (including phenoxy) is 3. The van der Waals surface area contributed by atoms with Crippen molar-refractivity contribution in [1.29, 1.82) is 0 Å². The number of nitrogens with one attached hydrogen (secondary N) is 1. The first-order valence-corrected chi connectivity index (χ1v) is 17.8. The highest BCUT2D eigenvalue weighted by atomic mass is 32.2. The van der Waals surface area contributed by atoms with Gasteiger partial charge in [0.2, 0.25) is 15.9 Å². The van der Waals surface area contributed by atoms with Crippen LogP contribution in [-0.2, 0) is 29.1 Å². The Morgan fingerprint density at radius 1 is 1.18 bits per heavy atom. The van der Waals surface area contributed by atoms with Crippen molar-refractivity contribution in [2.24, 2.45) is 5.92 Å². The van der Waals surface area contributed by atoms with Crippen molar-refractivity contribution >= 4 is 33.5 Å². The highest BCUT2D eigenvalue weighted by molar-refractivity contribution is 7.88. The molecule has 0 spiro atoms. The van der Waals surface area contributed by atoms with Crippen LogP contribution in [0.2, 0.25) is 0 Å². The molecular weight excluding hydrogens is 602 g/mol. The zero-order valence-corrected chi connectivity index (χ0v) is 28.6. The molecule has 1 aromatic rings. The molecule has 0 saturated carbocycles. The van der Waals surface area contributed by atoms with Gasteiger partial charge in [0.15, 0.2) is 0 Å². The molecule has 45 heavy (non-hydrogen) atoms. The van der Waals surface area contributed by atoms with Crippen molar-refractivity contribution in [3.63, 3.8) is 0 Å². The van der Waals surface area contributed by atoms with Crippen LogP contribution in [0.5, 0.6) is 5.75 Å². The Hall–Kier alpha value is -2.74. The third-order valence-electron chi connectivity index (χ3n) is 7.93. The van der Waals surface area contributed by atoms with Crippen LogP contribution in [0, 0.1) is 5.92 Å². The average molecular weight is 656 g/mol. The molecule has 2 amide bonds. The van der Waals surface area contributed by atoms with Gasteiger partial charge in [0, 0.05) is 51.2 Å². The topological polar surface area (TPSA) is 152 Å². The SMILES string of the molecule is CCOC(=O)CCCCCC(=O)Nc1ccc2c(c1)C(=O)N([C@H](C)CO)C[C@H](C)[C@@H](CN(C)S(C)(=O)=O)OCCCC[C@@H](C)O2. The smallest absolute Gasteiger partial charge is 0.305 e. The fourth-order valence-electron chi connectivity index (χ4n) is 5.04. The largest absolute Gasteiger partial charge is 0.490 e. The molecule has 1 aliphatic heterocycles. The summed E-state index contributed by atoms with van der Waals surface area (Å²) in [6, 6.07) is 4.43. The van der Waals surface area contributed by atoms with Gasteiger partial charge < -0.3 is 29.5 Å². The van der Waals surface area contributed by atoms with Crippen molar-refractivity contribution in [2.45, 2.75) is 97.3 Å². The van der Waals surface area contributed by atoms with Crippen LogP contribution in [0.15, 0.2) is 18.2 Å². The molecule has 1 heterocycles. The van der Waals surface area contributed by atoms with Crippen LogP contribution >= 0.6 is 0 Å². The van der Waals surface area contributed by atoms with Crippen LogP contribution in [0.3, 0.4) is 0 Å². The lowest BCUT2D eigenvalue weighted by atomic mass is 10.0. The molecule has 256 valence electrons. The maximum Gasteiger partial charge on any atom is 0.305 e. The zero-order chi connectivity index (χ0) is 33.6. The van der Waals surface area contributed by atoms with Crippen molar-refractivity contribution < 1.29 is 42.1 Å². The summed E-state index contributed by atoms with van der Waals surface area (Å²) in [5.41, 5.74) is 0.695. The Morgan fingerprint density at radius 2 is 1.89 bits per heavy atom. The molecule has 0 fully saturated rings. The van der Waals surface area contributed by atoms with Crippen LogP contribution in [-0.4, -0.2) is 105 Å². The number of esters is 1. The Labute approximate surface area is 268 Å². The van der Waals surface area contributed by atoms with E-state index < -0.39 is 22.2 Å². The van der Waals surface area contributed by atoms with E-state index in [2.05, 4.69) is 5.32 Å². The summed E-state index contributed by atoms with van der Waals surface area (Å²) in [6.07, 6.45) is 5.28. The van der Waals surface area contributed by atoms with E-state index in [0.717, 1.165) is 19.1 Å². The zero-order valence-electron chi connectivity index (χ0n) is 27.7. The summed E-state index contributed by atoms with van der Waals surface area (Å²) in [4.78, 5) is 40.0. The van der Waals surface area contributed by atoms with Gasteiger partial charge in [0.25, 0.3) is 5.91 Å². The Bertz CT molecular complexity index is 1210. The van der Waals surface area contributed by atoms with Gasteiger partial charge in [0.1, 0.15) is 5.75 Å². The molecule has 1 aliphatic rings. The molecule has 0 unspecified atom stereocenters. The van der Waals surface area contributed by atoms with Gasteiger partial charge in [-0.2, -0.15) is 0 Å². The Morgan fingerprint density at radius 3 is 2.56 bits per heavy atom. The number of hydrogen-bond acceptors (Lipinski definition) is 9. The maximum absolute atomic E-state index is 14.2. The van der Waals surface area contributed by atoms with E-state index in [1.807, 2.05) is 13.8 Å². The number of aliphatic hydroxyl groups is 1. The first kappa shape index (κ1) is 38.4. The third kappa shape index (κ3) is 13.3. The van der Waals surface area contributed by atoms with Gasteiger partial charge in [-0.05, 0) is 71.1 Å². The third-order valence-corrected chi connectivity index (χ3v) is 9.21. The predicted molar refractivity (Wildman–Crippen MR) is 173 cm³/mol. The number of nitrogens with zero attached hydrogens (tertiary/aromatic N) is 2. The number of carbonyl (C=O) groups is 3. The summed E-state index contributed by atoms with van der Waals surface area (Å²) < 4.78 is 42.9. The number of carbonyl (C=O) groups excluding carboxylic acids is 3. The lowest BCUT2D eigenvalue weighted by molar-refractivity contribution is -0.143. The van der Waals surface area contributed by atoms with Crippen LogP contribution < -0.4 is 10.1 Å². The second-order valence-electron chi connectivity index (χ2n) is 12.0. The highest BCUT2D eigenvalue weighted by Gasteiger charge is 2.31. The number of unbranched alkanes of at least 4 members (excludes halogenated alkanes) is 2. The number of hydrogen-bond donors (Lipinski definition) is 2. The molecule has 0 aliphatic carbocycles. The number of sulfonamides is 1. The number of amides is 2. The summed E-state index contributed by atoms with van der Waals surface area (Å²) >= 11 is 0. The van der Waals surface area contributed by atoms with Crippen molar-refractivity contribution in [1.82, 2.24) is 9.21 Å². The van der Waals surface area contributed by atoms with E-state index in [9.17, 15) is 27.9 Å². The van der Waals surface area contributed by atoms with Crippen molar-refractivity contribution in [3.05, 3.63) is 23.8 Å². The Balaban J connectivity index is 2.30. The molecule has 0 saturated heterocycles. The van der Waals surface area contributed by atoms with Gasteiger partial charge in [-0.1, -0.05) is 13.3 Å². The summed E-state index contributed by atoms with van der Waals surface area (Å²) in [5, 5.41) is 13.0. The molecule has 0 bridgehead atoms. The fourth-order valence-corrected chi connectivity index (χ4v) is 5.46. The van der Waals surface area contributed by atoms with Gasteiger partial charge in [-0.3, -0.25) is 14.4 Å². The number of rotatable bonds is 13. The van der Waals surface area contributed by atoms with Crippen molar-refractivity contribution in [2.75, 3.05) is 51.5 Å². The van der Waals surface area contributed by atoms with Crippen LogP contribution in [0.25, 0.3) is 0 Å².